The van der Waals surface area contributed by atoms with Crippen LogP contribution in [0.4, 0.5) is 26.3 Å². The predicted molar refractivity (Wildman–Crippen MR) is 102 cm³/mol. The molecule has 0 fully saturated rings. The minimum absolute atomic E-state index is 0.0251. The quantitative estimate of drug-likeness (QED) is 0.243. The first-order valence-electron chi connectivity index (χ1n) is 9.01. The van der Waals surface area contributed by atoms with Crippen LogP contribution in [0, 0.1) is 0 Å². The molecular weight excluding hydrogens is 426 g/mol. The second kappa shape index (κ2) is 7.88. The SMILES string of the molecule is C=CC(=O)OCCc1c2ccccc2c(C(O)(C(F)(F)F)C(F)(F)F)c2ccccc12. The summed E-state index contributed by atoms with van der Waals surface area (Å²) >= 11 is 0. The van der Waals surface area contributed by atoms with Crippen LogP contribution >= 0.6 is 0 Å². The van der Waals surface area contributed by atoms with Crippen molar-refractivity contribution in [1.82, 2.24) is 0 Å². The number of alkyl halides is 6. The molecule has 3 rings (SSSR count). The second-order valence-corrected chi connectivity index (χ2v) is 6.77. The van der Waals surface area contributed by atoms with Crippen LogP contribution in [-0.4, -0.2) is 30.0 Å². The lowest BCUT2D eigenvalue weighted by atomic mass is 9.81. The molecule has 0 aliphatic carbocycles. The third-order valence-electron chi connectivity index (χ3n) is 4.99. The molecule has 0 bridgehead atoms. The number of carbonyl (C=O) groups is 1. The third kappa shape index (κ3) is 3.74. The van der Waals surface area contributed by atoms with Crippen molar-refractivity contribution in [2.75, 3.05) is 6.61 Å². The van der Waals surface area contributed by atoms with Gasteiger partial charge in [-0.3, -0.25) is 0 Å². The molecule has 31 heavy (non-hydrogen) atoms. The maximum atomic E-state index is 13.7. The highest BCUT2D eigenvalue weighted by molar-refractivity contribution is 6.06. The van der Waals surface area contributed by atoms with E-state index in [1.807, 2.05) is 0 Å². The fraction of sp³-hybridized carbons (Fsp3) is 0.227. The lowest BCUT2D eigenvalue weighted by Gasteiger charge is -2.35. The molecule has 3 aromatic carbocycles. The number of carbonyl (C=O) groups excluding carboxylic acids is 1. The van der Waals surface area contributed by atoms with Crippen LogP contribution in [0.25, 0.3) is 21.5 Å². The van der Waals surface area contributed by atoms with E-state index in [4.69, 9.17) is 4.74 Å². The average molecular weight is 442 g/mol. The molecule has 0 atom stereocenters. The maximum absolute atomic E-state index is 13.7. The van der Waals surface area contributed by atoms with Crippen LogP contribution in [0.1, 0.15) is 11.1 Å². The molecule has 0 saturated heterocycles. The minimum atomic E-state index is -6.03. The van der Waals surface area contributed by atoms with E-state index in [2.05, 4.69) is 6.58 Å². The Labute approximate surface area is 172 Å². The molecular formula is C22H16F6O3. The zero-order valence-electron chi connectivity index (χ0n) is 15.8. The van der Waals surface area contributed by atoms with Crippen molar-refractivity contribution in [3.05, 3.63) is 72.3 Å². The lowest BCUT2D eigenvalue weighted by molar-refractivity contribution is -0.375. The molecule has 0 aliphatic heterocycles. The summed E-state index contributed by atoms with van der Waals surface area (Å²) in [5.74, 6) is -0.714. The topological polar surface area (TPSA) is 46.5 Å². The first-order valence-corrected chi connectivity index (χ1v) is 9.01. The highest BCUT2D eigenvalue weighted by Gasteiger charge is 2.72. The largest absolute Gasteiger partial charge is 0.462 e. The van der Waals surface area contributed by atoms with Gasteiger partial charge in [0.25, 0.3) is 5.60 Å². The van der Waals surface area contributed by atoms with Crippen molar-refractivity contribution < 1.29 is 41.0 Å². The average Bonchev–Trinajstić information content (AvgIpc) is 2.71. The van der Waals surface area contributed by atoms with E-state index in [1.54, 1.807) is 0 Å². The van der Waals surface area contributed by atoms with Crippen molar-refractivity contribution >= 4 is 27.5 Å². The molecule has 0 spiro atoms. The highest BCUT2D eigenvalue weighted by Crippen LogP contribution is 2.54. The van der Waals surface area contributed by atoms with E-state index in [0.717, 1.165) is 18.2 Å². The van der Waals surface area contributed by atoms with Crippen molar-refractivity contribution in [2.24, 2.45) is 0 Å². The maximum Gasteiger partial charge on any atom is 0.430 e. The molecule has 0 radical (unpaired) electrons. The molecule has 0 heterocycles. The van der Waals surface area contributed by atoms with Gasteiger partial charge in [-0.2, -0.15) is 26.3 Å². The van der Waals surface area contributed by atoms with Gasteiger partial charge >= 0.3 is 18.3 Å². The number of ether oxygens (including phenoxy) is 1. The molecule has 0 aliphatic rings. The van der Waals surface area contributed by atoms with Crippen LogP contribution in [0.15, 0.2) is 61.2 Å². The normalized spacial score (nSPS) is 12.9. The fourth-order valence-corrected chi connectivity index (χ4v) is 3.63. The smallest absolute Gasteiger partial charge is 0.430 e. The number of rotatable bonds is 5. The van der Waals surface area contributed by atoms with Crippen molar-refractivity contribution in [1.29, 1.82) is 0 Å². The minimum Gasteiger partial charge on any atom is -0.462 e. The molecule has 0 saturated carbocycles. The Balaban J connectivity index is 2.40. The number of halogens is 6. The van der Waals surface area contributed by atoms with E-state index in [1.165, 1.54) is 36.4 Å². The van der Waals surface area contributed by atoms with E-state index < -0.39 is 40.3 Å². The lowest BCUT2D eigenvalue weighted by Crippen LogP contribution is -2.54. The molecule has 0 aromatic heterocycles. The van der Waals surface area contributed by atoms with Gasteiger partial charge in [-0.25, -0.2) is 4.79 Å². The summed E-state index contributed by atoms with van der Waals surface area (Å²) in [5.41, 5.74) is -5.99. The summed E-state index contributed by atoms with van der Waals surface area (Å²) in [7, 11) is 0. The zero-order valence-corrected chi connectivity index (χ0v) is 15.8. The van der Waals surface area contributed by atoms with Crippen molar-refractivity contribution in [2.45, 2.75) is 24.4 Å². The van der Waals surface area contributed by atoms with Gasteiger partial charge in [-0.1, -0.05) is 55.1 Å². The Bertz CT molecular complexity index is 1080. The second-order valence-electron chi connectivity index (χ2n) is 6.77. The Hall–Kier alpha value is -3.07. The van der Waals surface area contributed by atoms with Gasteiger partial charge in [-0.05, 0) is 27.1 Å². The van der Waals surface area contributed by atoms with Crippen molar-refractivity contribution in [3.8, 4) is 0 Å². The van der Waals surface area contributed by atoms with Crippen molar-refractivity contribution in [3.63, 3.8) is 0 Å². The van der Waals surface area contributed by atoms with Gasteiger partial charge in [0.05, 0.1) is 6.61 Å². The van der Waals surface area contributed by atoms with E-state index in [0.29, 0.717) is 5.56 Å². The molecule has 0 amide bonds. The first-order chi connectivity index (χ1) is 14.4. The van der Waals surface area contributed by atoms with E-state index in [9.17, 15) is 36.2 Å². The molecule has 3 aromatic rings. The number of hydrogen-bond acceptors (Lipinski definition) is 3. The Morgan fingerprint density at radius 3 is 1.68 bits per heavy atom. The van der Waals surface area contributed by atoms with Crippen LogP contribution < -0.4 is 0 Å². The summed E-state index contributed by atoms with van der Waals surface area (Å²) in [6, 6.07) is 10.4. The van der Waals surface area contributed by atoms with Crippen LogP contribution in [-0.2, 0) is 21.6 Å². The summed E-state index contributed by atoms with van der Waals surface area (Å²) < 4.78 is 87.3. The number of benzene rings is 3. The van der Waals surface area contributed by atoms with Gasteiger partial charge in [0.15, 0.2) is 0 Å². The zero-order chi connectivity index (χ0) is 23.0. The molecule has 164 valence electrons. The van der Waals surface area contributed by atoms with Gasteiger partial charge in [0.2, 0.25) is 0 Å². The van der Waals surface area contributed by atoms with E-state index >= 15 is 0 Å². The highest BCUT2D eigenvalue weighted by atomic mass is 19.4. The van der Waals surface area contributed by atoms with Crippen LogP contribution in [0.3, 0.4) is 0 Å². The molecule has 3 nitrogen and oxygen atoms in total. The monoisotopic (exact) mass is 442 g/mol. The van der Waals surface area contributed by atoms with Gasteiger partial charge in [0, 0.05) is 18.1 Å². The van der Waals surface area contributed by atoms with E-state index in [-0.39, 0.29) is 23.8 Å². The van der Waals surface area contributed by atoms with Gasteiger partial charge < -0.3 is 9.84 Å². The number of aliphatic hydroxyl groups is 1. The van der Waals surface area contributed by atoms with Gasteiger partial charge in [0.1, 0.15) is 0 Å². The molecule has 1 N–H and O–H groups in total. The third-order valence-corrected chi connectivity index (χ3v) is 4.99. The standard InChI is InChI=1S/C22H16F6O3/c1-2-18(29)31-12-11-15-13-7-3-5-9-16(13)19(17-10-6-4-8-14(15)17)20(30,21(23,24)25)22(26,27)28/h2-10,30H,1,11-12H2. The Morgan fingerprint density at radius 2 is 1.29 bits per heavy atom. The summed E-state index contributed by atoms with van der Waals surface area (Å²) in [5, 5.41) is 9.56. The molecule has 9 heteroatoms. The molecule has 0 unspecified atom stereocenters. The summed E-state index contributed by atoms with van der Waals surface area (Å²) in [4.78, 5) is 11.3. The number of fused-ring (bicyclic) bond motifs is 2. The number of hydrogen-bond donors (Lipinski definition) is 1. The fourth-order valence-electron chi connectivity index (χ4n) is 3.63. The predicted octanol–water partition coefficient (Wildman–Crippen LogP) is 5.58. The van der Waals surface area contributed by atoms with Crippen LogP contribution in [0.5, 0.6) is 0 Å². The summed E-state index contributed by atoms with van der Waals surface area (Å²) in [6.45, 7) is 3.09. The van der Waals surface area contributed by atoms with Crippen LogP contribution in [0.2, 0.25) is 0 Å². The van der Waals surface area contributed by atoms with Gasteiger partial charge in [-0.15, -0.1) is 0 Å². The Morgan fingerprint density at radius 1 is 0.871 bits per heavy atom. The number of esters is 1. The first kappa shape index (κ1) is 22.6. The Kier molecular flexibility index (Phi) is 5.75. The summed E-state index contributed by atoms with van der Waals surface area (Å²) in [6.07, 6.45) is -11.1.